The number of fused-ring (bicyclic) bond motifs is 1. The largest absolute Gasteiger partial charge is 0.322 e. The van der Waals surface area contributed by atoms with Gasteiger partial charge in [-0.15, -0.1) is 0 Å². The van der Waals surface area contributed by atoms with Crippen LogP contribution in [0.2, 0.25) is 0 Å². The Morgan fingerprint density at radius 1 is 1.33 bits per heavy atom. The summed E-state index contributed by atoms with van der Waals surface area (Å²) in [6, 6.07) is 4.65. The van der Waals surface area contributed by atoms with Gasteiger partial charge in [-0.2, -0.15) is 0 Å². The van der Waals surface area contributed by atoms with Crippen molar-refractivity contribution >= 4 is 17.7 Å². The fourth-order valence-electron chi connectivity index (χ4n) is 2.43. The molecule has 3 rings (SSSR count). The predicted octanol–water partition coefficient (Wildman–Crippen LogP) is 0.448. The summed E-state index contributed by atoms with van der Waals surface area (Å²) in [7, 11) is 0. The minimum Gasteiger partial charge on any atom is -0.322 e. The molecule has 0 aromatic heterocycles. The van der Waals surface area contributed by atoms with Crippen LogP contribution >= 0.6 is 0 Å². The summed E-state index contributed by atoms with van der Waals surface area (Å²) in [4.78, 5) is 36.6. The minimum absolute atomic E-state index is 0.237. The van der Waals surface area contributed by atoms with Crippen LogP contribution in [-0.4, -0.2) is 28.7 Å². The normalized spacial score (nSPS) is 23.8. The molecule has 0 bridgehead atoms. The number of amides is 3. The quantitative estimate of drug-likeness (QED) is 0.730. The van der Waals surface area contributed by atoms with E-state index in [4.69, 9.17) is 1.37 Å². The second kappa shape index (κ2) is 3.94. The van der Waals surface area contributed by atoms with E-state index in [0.29, 0.717) is 23.6 Å². The van der Waals surface area contributed by atoms with E-state index in [-0.39, 0.29) is 24.8 Å². The first kappa shape index (κ1) is 9.82. The molecule has 0 aliphatic carbocycles. The van der Waals surface area contributed by atoms with Crippen molar-refractivity contribution in [1.82, 2.24) is 10.2 Å². The number of carbonyl (C=O) groups is 3. The lowest BCUT2D eigenvalue weighted by molar-refractivity contribution is -0.136. The molecule has 1 saturated heterocycles. The smallest absolute Gasteiger partial charge is 0.255 e. The predicted molar refractivity (Wildman–Crippen MR) is 62.5 cm³/mol. The molecular formula is C13H12N2O3. The molecular weight excluding hydrogens is 232 g/mol. The zero-order valence-corrected chi connectivity index (χ0v) is 9.60. The lowest BCUT2D eigenvalue weighted by atomic mass is 10.0. The molecule has 2 aliphatic heterocycles. The molecule has 0 spiro atoms. The third-order valence-corrected chi connectivity index (χ3v) is 3.35. The van der Waals surface area contributed by atoms with E-state index in [1.165, 1.54) is 4.90 Å². The van der Waals surface area contributed by atoms with Crippen LogP contribution in [0, 0.1) is 0 Å². The molecule has 0 radical (unpaired) electrons. The highest BCUT2D eigenvalue weighted by Crippen LogP contribution is 2.26. The molecule has 1 aromatic carbocycles. The Bertz CT molecular complexity index is 600. The third-order valence-electron chi connectivity index (χ3n) is 3.35. The Morgan fingerprint density at radius 2 is 2.17 bits per heavy atom. The Balaban J connectivity index is 1.90. The van der Waals surface area contributed by atoms with Gasteiger partial charge in [0.2, 0.25) is 11.8 Å². The van der Waals surface area contributed by atoms with Crippen molar-refractivity contribution in [2.75, 3.05) is 0 Å². The van der Waals surface area contributed by atoms with E-state index in [1.54, 1.807) is 18.2 Å². The van der Waals surface area contributed by atoms with Gasteiger partial charge >= 0.3 is 0 Å². The summed E-state index contributed by atoms with van der Waals surface area (Å²) in [5.74, 6) is -0.964. The Hall–Kier alpha value is -2.17. The van der Waals surface area contributed by atoms with Gasteiger partial charge in [0.1, 0.15) is 6.04 Å². The first-order valence-electron chi connectivity index (χ1n) is 6.31. The van der Waals surface area contributed by atoms with Crippen molar-refractivity contribution in [2.45, 2.75) is 25.4 Å². The Labute approximate surface area is 105 Å². The molecule has 1 fully saturated rings. The highest BCUT2D eigenvalue weighted by molar-refractivity contribution is 6.05. The van der Waals surface area contributed by atoms with Crippen molar-refractivity contribution in [3.8, 4) is 0 Å². The van der Waals surface area contributed by atoms with Gasteiger partial charge in [0.25, 0.3) is 5.91 Å². The minimum atomic E-state index is -0.614. The zero-order valence-electron chi connectivity index (χ0n) is 10.6. The molecule has 5 nitrogen and oxygen atoms in total. The van der Waals surface area contributed by atoms with Gasteiger partial charge in [0.05, 0.1) is 1.37 Å². The topological polar surface area (TPSA) is 66.5 Å². The number of nitrogens with zero attached hydrogens (tertiary/aromatic N) is 1. The van der Waals surface area contributed by atoms with Gasteiger partial charge < -0.3 is 4.90 Å². The maximum Gasteiger partial charge on any atom is 0.255 e. The SMILES string of the molecule is [2H]c1cccc2c1CN([C@@H]1CCC(=O)NC1=O)C2=O. The first-order valence-corrected chi connectivity index (χ1v) is 5.81. The van der Waals surface area contributed by atoms with Crippen molar-refractivity contribution in [3.63, 3.8) is 0 Å². The molecule has 1 aromatic rings. The van der Waals surface area contributed by atoms with E-state index in [9.17, 15) is 14.4 Å². The van der Waals surface area contributed by atoms with E-state index in [1.807, 2.05) is 0 Å². The van der Waals surface area contributed by atoms with E-state index in [0.717, 1.165) is 0 Å². The number of piperidine rings is 1. The second-order valence-corrected chi connectivity index (χ2v) is 4.46. The number of hydrogen-bond acceptors (Lipinski definition) is 3. The van der Waals surface area contributed by atoms with Gasteiger partial charge in [-0.25, -0.2) is 0 Å². The number of benzene rings is 1. The number of nitrogens with one attached hydrogen (secondary N) is 1. The Morgan fingerprint density at radius 3 is 2.89 bits per heavy atom. The van der Waals surface area contributed by atoms with Crippen LogP contribution in [0.25, 0.3) is 0 Å². The van der Waals surface area contributed by atoms with Gasteiger partial charge in [-0.3, -0.25) is 19.7 Å². The number of carbonyl (C=O) groups excluding carboxylic acids is 3. The van der Waals surface area contributed by atoms with Gasteiger partial charge in [-0.1, -0.05) is 18.2 Å². The molecule has 0 saturated carbocycles. The molecule has 18 heavy (non-hydrogen) atoms. The summed E-state index contributed by atoms with van der Waals surface area (Å²) in [6.45, 7) is 0.264. The van der Waals surface area contributed by atoms with Gasteiger partial charge in [0.15, 0.2) is 0 Å². The van der Waals surface area contributed by atoms with Gasteiger partial charge in [-0.05, 0) is 18.1 Å². The summed E-state index contributed by atoms with van der Waals surface area (Å²) in [5, 5.41) is 2.25. The molecule has 3 amide bonds. The lowest BCUT2D eigenvalue weighted by Crippen LogP contribution is -2.52. The molecule has 92 valence electrons. The fourth-order valence-corrected chi connectivity index (χ4v) is 2.43. The standard InChI is InChI=1S/C13H12N2O3/c16-11-6-5-10(12(17)14-11)15-7-8-3-1-2-4-9(8)13(15)18/h1-4,10H,5-7H2,(H,14,16,17)/t10-/m1/s1/i3D. The highest BCUT2D eigenvalue weighted by Gasteiger charge is 2.38. The van der Waals surface area contributed by atoms with Crippen molar-refractivity contribution in [3.05, 3.63) is 35.4 Å². The van der Waals surface area contributed by atoms with Crippen molar-refractivity contribution < 1.29 is 15.8 Å². The molecule has 2 aliphatic rings. The number of rotatable bonds is 1. The second-order valence-electron chi connectivity index (χ2n) is 4.46. The van der Waals surface area contributed by atoms with Crippen molar-refractivity contribution in [1.29, 1.82) is 0 Å². The lowest BCUT2D eigenvalue weighted by Gasteiger charge is -2.29. The highest BCUT2D eigenvalue weighted by atomic mass is 16.2. The van der Waals surface area contributed by atoms with Crippen LogP contribution in [0.3, 0.4) is 0 Å². The summed E-state index contributed by atoms with van der Waals surface area (Å²) < 4.78 is 7.79. The van der Waals surface area contributed by atoms with Crippen LogP contribution in [0.15, 0.2) is 24.2 Å². The number of hydrogen-bond donors (Lipinski definition) is 1. The van der Waals surface area contributed by atoms with E-state index >= 15 is 0 Å². The molecule has 1 N–H and O–H groups in total. The average molecular weight is 245 g/mol. The van der Waals surface area contributed by atoms with Crippen LogP contribution in [-0.2, 0) is 16.1 Å². The monoisotopic (exact) mass is 245 g/mol. The molecule has 1 atom stereocenters. The van der Waals surface area contributed by atoms with Gasteiger partial charge in [0, 0.05) is 18.5 Å². The van der Waals surface area contributed by atoms with E-state index < -0.39 is 11.9 Å². The zero-order chi connectivity index (χ0) is 13.6. The Kier molecular flexibility index (Phi) is 2.15. The maximum absolute atomic E-state index is 12.3. The third kappa shape index (κ3) is 1.59. The molecule has 5 heteroatoms. The van der Waals surface area contributed by atoms with Crippen LogP contribution < -0.4 is 5.32 Å². The first-order chi connectivity index (χ1) is 9.08. The van der Waals surface area contributed by atoms with E-state index in [2.05, 4.69) is 5.32 Å². The summed E-state index contributed by atoms with van der Waals surface area (Å²) in [6.07, 6.45) is 0.585. The summed E-state index contributed by atoms with van der Waals surface area (Å²) in [5.41, 5.74) is 1.13. The maximum atomic E-state index is 12.3. The molecule has 0 unspecified atom stereocenters. The molecule has 2 heterocycles. The van der Waals surface area contributed by atoms with Crippen molar-refractivity contribution in [2.24, 2.45) is 0 Å². The number of imide groups is 1. The van der Waals surface area contributed by atoms with Crippen LogP contribution in [0.1, 0.15) is 30.1 Å². The van der Waals surface area contributed by atoms with Crippen LogP contribution in [0.5, 0.6) is 0 Å². The summed E-state index contributed by atoms with van der Waals surface area (Å²) >= 11 is 0. The average Bonchev–Trinajstić information content (AvgIpc) is 2.69. The fraction of sp³-hybridized carbons (Fsp3) is 0.308. The van der Waals surface area contributed by atoms with Crippen LogP contribution in [0.4, 0.5) is 0 Å².